The van der Waals surface area contributed by atoms with Gasteiger partial charge in [-0.2, -0.15) is 0 Å². The Hall–Kier alpha value is -0.610. The van der Waals surface area contributed by atoms with Crippen molar-refractivity contribution < 1.29 is 9.53 Å². The normalized spacial score (nSPS) is 12.5. The van der Waals surface area contributed by atoms with Crippen LogP contribution in [-0.4, -0.2) is 32.2 Å². The Balaban J connectivity index is 3.30. The van der Waals surface area contributed by atoms with E-state index >= 15 is 0 Å². The van der Waals surface area contributed by atoms with Crippen molar-refractivity contribution in [2.45, 2.75) is 20.3 Å². The average Bonchev–Trinajstić information content (AvgIpc) is 2.14. The summed E-state index contributed by atoms with van der Waals surface area (Å²) in [5, 5.41) is 2.79. The van der Waals surface area contributed by atoms with Crippen molar-refractivity contribution in [1.29, 1.82) is 0 Å². The van der Waals surface area contributed by atoms with Gasteiger partial charge in [0.2, 0.25) is 5.91 Å². The number of nitrogens with two attached hydrogens (primary N) is 1. The van der Waals surface area contributed by atoms with Crippen molar-refractivity contribution in [3.63, 3.8) is 0 Å². The predicted molar refractivity (Wildman–Crippen MR) is 52.3 cm³/mol. The van der Waals surface area contributed by atoms with E-state index in [-0.39, 0.29) is 5.91 Å². The van der Waals surface area contributed by atoms with Crippen LogP contribution in [0.4, 0.5) is 0 Å². The summed E-state index contributed by atoms with van der Waals surface area (Å²) in [5.74, 6) is 0.379. The van der Waals surface area contributed by atoms with Crippen LogP contribution in [0.25, 0.3) is 0 Å². The number of nitrogens with one attached hydrogen (secondary N) is 1. The van der Waals surface area contributed by atoms with Crippen LogP contribution in [0.1, 0.15) is 20.3 Å². The minimum atomic E-state index is 0.0359. The van der Waals surface area contributed by atoms with Crippen LogP contribution in [0.15, 0.2) is 0 Å². The van der Waals surface area contributed by atoms with Gasteiger partial charge in [-0.05, 0) is 19.4 Å². The molecule has 3 N–H and O–H groups in total. The molecule has 78 valence electrons. The summed E-state index contributed by atoms with van der Waals surface area (Å²) in [6.45, 7) is 6.33. The highest BCUT2D eigenvalue weighted by Gasteiger charge is 2.03. The van der Waals surface area contributed by atoms with Crippen LogP contribution < -0.4 is 11.1 Å². The molecule has 0 aliphatic heterocycles. The summed E-state index contributed by atoms with van der Waals surface area (Å²) in [6.07, 6.45) is 0.436. The van der Waals surface area contributed by atoms with Crippen molar-refractivity contribution in [2.24, 2.45) is 11.7 Å². The molecule has 0 radical (unpaired) electrons. The molecule has 0 rings (SSSR count). The molecule has 0 fully saturated rings. The summed E-state index contributed by atoms with van der Waals surface area (Å²) in [5.41, 5.74) is 5.40. The van der Waals surface area contributed by atoms with E-state index < -0.39 is 0 Å². The van der Waals surface area contributed by atoms with Gasteiger partial charge in [0.05, 0.1) is 6.61 Å². The minimum absolute atomic E-state index is 0.0359. The van der Waals surface area contributed by atoms with Gasteiger partial charge in [-0.15, -0.1) is 0 Å². The fraction of sp³-hybridized carbons (Fsp3) is 0.889. The molecule has 0 aromatic heterocycles. The smallest absolute Gasteiger partial charge is 0.222 e. The van der Waals surface area contributed by atoms with E-state index in [1.54, 1.807) is 0 Å². The maximum absolute atomic E-state index is 11.1. The minimum Gasteiger partial charge on any atom is -0.381 e. The molecule has 0 aliphatic rings. The van der Waals surface area contributed by atoms with E-state index in [0.717, 1.165) is 0 Å². The van der Waals surface area contributed by atoms with Gasteiger partial charge < -0.3 is 15.8 Å². The second-order valence-electron chi connectivity index (χ2n) is 3.09. The highest BCUT2D eigenvalue weighted by Crippen LogP contribution is 1.88. The standard InChI is InChI=1S/C9H20N2O2/c1-3-13-5-4-9(12)11-7-8(2)6-10/h8H,3-7,10H2,1-2H3,(H,11,12). The SMILES string of the molecule is CCOCCC(=O)NCC(C)CN. The summed E-state index contributed by atoms with van der Waals surface area (Å²) >= 11 is 0. The quantitative estimate of drug-likeness (QED) is 0.558. The number of carbonyl (C=O) groups is 1. The monoisotopic (exact) mass is 188 g/mol. The number of carbonyl (C=O) groups excluding carboxylic acids is 1. The molecule has 0 heterocycles. The second-order valence-corrected chi connectivity index (χ2v) is 3.09. The first-order chi connectivity index (χ1) is 6.20. The largest absolute Gasteiger partial charge is 0.381 e. The summed E-state index contributed by atoms with van der Waals surface area (Å²) in [7, 11) is 0. The zero-order valence-electron chi connectivity index (χ0n) is 8.51. The molecule has 1 amide bonds. The Morgan fingerprint density at radius 1 is 1.62 bits per heavy atom. The number of hydrogen-bond acceptors (Lipinski definition) is 3. The van der Waals surface area contributed by atoms with Crippen molar-refractivity contribution >= 4 is 5.91 Å². The molecule has 13 heavy (non-hydrogen) atoms. The first-order valence-corrected chi connectivity index (χ1v) is 4.75. The molecule has 0 saturated heterocycles. The van der Waals surface area contributed by atoms with Crippen LogP contribution in [0.2, 0.25) is 0 Å². The van der Waals surface area contributed by atoms with Crippen LogP contribution >= 0.6 is 0 Å². The molecular formula is C9H20N2O2. The Bertz CT molecular complexity index is 140. The number of hydrogen-bond donors (Lipinski definition) is 2. The average molecular weight is 188 g/mol. The third-order valence-corrected chi connectivity index (χ3v) is 1.73. The topological polar surface area (TPSA) is 64.3 Å². The Kier molecular flexibility index (Phi) is 7.63. The lowest BCUT2D eigenvalue weighted by Gasteiger charge is -2.09. The van der Waals surface area contributed by atoms with E-state index in [4.69, 9.17) is 10.5 Å². The van der Waals surface area contributed by atoms with Crippen LogP contribution in [0, 0.1) is 5.92 Å². The van der Waals surface area contributed by atoms with Gasteiger partial charge in [-0.25, -0.2) is 0 Å². The van der Waals surface area contributed by atoms with Gasteiger partial charge in [0, 0.05) is 19.6 Å². The molecule has 0 aromatic carbocycles. The lowest BCUT2D eigenvalue weighted by atomic mass is 10.2. The maximum Gasteiger partial charge on any atom is 0.222 e. The number of ether oxygens (including phenoxy) is 1. The second kappa shape index (κ2) is 8.01. The van der Waals surface area contributed by atoms with Gasteiger partial charge in [0.15, 0.2) is 0 Å². The highest BCUT2D eigenvalue weighted by molar-refractivity contribution is 5.75. The lowest BCUT2D eigenvalue weighted by molar-refractivity contribution is -0.122. The number of rotatable bonds is 7. The predicted octanol–water partition coefficient (Wildman–Crippen LogP) is 0.124. The van der Waals surface area contributed by atoms with E-state index in [1.807, 2.05) is 13.8 Å². The summed E-state index contributed by atoms with van der Waals surface area (Å²) < 4.78 is 5.05. The van der Waals surface area contributed by atoms with Crippen LogP contribution in [0.5, 0.6) is 0 Å². The molecule has 0 aliphatic carbocycles. The maximum atomic E-state index is 11.1. The molecule has 0 spiro atoms. The lowest BCUT2D eigenvalue weighted by Crippen LogP contribution is -2.31. The first kappa shape index (κ1) is 12.4. The molecule has 0 saturated carbocycles. The summed E-state index contributed by atoms with van der Waals surface area (Å²) in [6, 6.07) is 0. The van der Waals surface area contributed by atoms with Crippen molar-refractivity contribution in [3.05, 3.63) is 0 Å². The third kappa shape index (κ3) is 7.74. The zero-order chi connectivity index (χ0) is 10.1. The molecule has 1 atom stereocenters. The van der Waals surface area contributed by atoms with E-state index in [0.29, 0.717) is 38.6 Å². The van der Waals surface area contributed by atoms with Crippen molar-refractivity contribution in [2.75, 3.05) is 26.3 Å². The van der Waals surface area contributed by atoms with E-state index in [1.165, 1.54) is 0 Å². The third-order valence-electron chi connectivity index (χ3n) is 1.73. The van der Waals surface area contributed by atoms with Crippen molar-refractivity contribution in [3.8, 4) is 0 Å². The molecular weight excluding hydrogens is 168 g/mol. The molecule has 4 heteroatoms. The first-order valence-electron chi connectivity index (χ1n) is 4.75. The Labute approximate surface area is 79.8 Å². The Morgan fingerprint density at radius 2 is 2.31 bits per heavy atom. The van der Waals surface area contributed by atoms with Gasteiger partial charge >= 0.3 is 0 Å². The highest BCUT2D eigenvalue weighted by atomic mass is 16.5. The van der Waals surface area contributed by atoms with Gasteiger partial charge in [-0.3, -0.25) is 4.79 Å². The number of amides is 1. The fourth-order valence-electron chi connectivity index (χ4n) is 0.769. The van der Waals surface area contributed by atoms with E-state index in [9.17, 15) is 4.79 Å². The van der Waals surface area contributed by atoms with Crippen LogP contribution in [0.3, 0.4) is 0 Å². The fourth-order valence-corrected chi connectivity index (χ4v) is 0.769. The van der Waals surface area contributed by atoms with Gasteiger partial charge in [0.25, 0.3) is 0 Å². The van der Waals surface area contributed by atoms with Crippen molar-refractivity contribution in [1.82, 2.24) is 5.32 Å². The summed E-state index contributed by atoms with van der Waals surface area (Å²) in [4.78, 5) is 11.1. The van der Waals surface area contributed by atoms with Gasteiger partial charge in [-0.1, -0.05) is 6.92 Å². The molecule has 1 unspecified atom stereocenters. The molecule has 0 bridgehead atoms. The zero-order valence-corrected chi connectivity index (χ0v) is 8.51. The molecule has 4 nitrogen and oxygen atoms in total. The van der Waals surface area contributed by atoms with Gasteiger partial charge in [0.1, 0.15) is 0 Å². The Morgan fingerprint density at radius 3 is 2.85 bits per heavy atom. The molecule has 0 aromatic rings. The van der Waals surface area contributed by atoms with Crippen LogP contribution in [-0.2, 0) is 9.53 Å². The van der Waals surface area contributed by atoms with E-state index in [2.05, 4.69) is 5.32 Å².